The molecule has 2 aromatic heterocycles. The van der Waals surface area contributed by atoms with E-state index >= 15 is 0 Å². The number of amides is 1. The summed E-state index contributed by atoms with van der Waals surface area (Å²) in [6.45, 7) is 5.85. The molecule has 0 radical (unpaired) electrons. The van der Waals surface area contributed by atoms with Gasteiger partial charge in [0.25, 0.3) is 11.5 Å². The number of hydrogen-bond donors (Lipinski definition) is 0. The highest BCUT2D eigenvalue weighted by atomic mass is 32.1. The number of anilines is 1. The molecule has 4 aromatic rings. The van der Waals surface area contributed by atoms with Crippen molar-refractivity contribution in [3.63, 3.8) is 0 Å². The van der Waals surface area contributed by atoms with Crippen LogP contribution in [0.1, 0.15) is 48.5 Å². The van der Waals surface area contributed by atoms with Crippen molar-refractivity contribution < 1.29 is 28.3 Å². The lowest BCUT2D eigenvalue weighted by atomic mass is 9.96. The maximum atomic E-state index is 14.2. The Labute approximate surface area is 243 Å². The Balaban J connectivity index is 1.51. The molecule has 212 valence electrons. The number of carbonyl (C=O) groups excluding carboxylic acids is 3. The Kier molecular flexibility index (Phi) is 6.95. The van der Waals surface area contributed by atoms with Gasteiger partial charge in [0.05, 0.1) is 41.4 Å². The molecule has 0 saturated heterocycles. The number of likely N-dealkylation sites (N-methyl/N-ethyl adjacent to an activating group) is 1. The number of esters is 2. The van der Waals surface area contributed by atoms with Crippen molar-refractivity contribution in [3.05, 3.63) is 115 Å². The van der Waals surface area contributed by atoms with E-state index in [9.17, 15) is 19.2 Å². The van der Waals surface area contributed by atoms with Gasteiger partial charge in [0.15, 0.2) is 4.80 Å². The SMILES string of the molecule is CCOC(=O)C1=C(C)N=c2s/c(=C3\C(=O)N(CC)c4ccccc43)c(=O)n2[C@H]1c1ccc(OC(=O)c2ccco2)cc1. The molecular formula is C31H25N3O7S. The number of fused-ring (bicyclic) bond motifs is 2. The zero-order valence-electron chi connectivity index (χ0n) is 23.0. The number of nitrogens with zero attached hydrogens (tertiary/aromatic N) is 3. The number of carbonyl (C=O) groups is 3. The summed E-state index contributed by atoms with van der Waals surface area (Å²) in [7, 11) is 0. The average molecular weight is 584 g/mol. The van der Waals surface area contributed by atoms with Gasteiger partial charge >= 0.3 is 11.9 Å². The number of thiazole rings is 1. The second-order valence-corrected chi connectivity index (χ2v) is 10.5. The molecular weight excluding hydrogens is 558 g/mol. The molecule has 0 saturated carbocycles. The first-order valence-corrected chi connectivity index (χ1v) is 14.1. The summed E-state index contributed by atoms with van der Waals surface area (Å²) < 4.78 is 17.5. The molecule has 0 fully saturated rings. The maximum Gasteiger partial charge on any atom is 0.379 e. The topological polar surface area (TPSA) is 120 Å². The molecule has 6 rings (SSSR count). The second-order valence-electron chi connectivity index (χ2n) is 9.50. The third-order valence-corrected chi connectivity index (χ3v) is 8.14. The number of ether oxygens (including phenoxy) is 2. The molecule has 0 bridgehead atoms. The molecule has 2 aromatic carbocycles. The third kappa shape index (κ3) is 4.38. The fraction of sp³-hybridized carbons (Fsp3) is 0.194. The van der Waals surface area contributed by atoms with Crippen LogP contribution in [0.5, 0.6) is 5.75 Å². The Hall–Kier alpha value is -5.03. The van der Waals surface area contributed by atoms with E-state index < -0.39 is 23.5 Å². The summed E-state index contributed by atoms with van der Waals surface area (Å²) in [5, 5.41) is 0. The van der Waals surface area contributed by atoms with E-state index in [2.05, 4.69) is 4.99 Å². The van der Waals surface area contributed by atoms with Gasteiger partial charge in [0, 0.05) is 12.1 Å². The van der Waals surface area contributed by atoms with Crippen molar-refractivity contribution in [2.24, 2.45) is 4.99 Å². The summed E-state index contributed by atoms with van der Waals surface area (Å²) in [6, 6.07) is 16.0. The quantitative estimate of drug-likeness (QED) is 0.252. The minimum Gasteiger partial charge on any atom is -0.463 e. The molecule has 2 aliphatic heterocycles. The molecule has 1 atom stereocenters. The number of rotatable bonds is 6. The van der Waals surface area contributed by atoms with Gasteiger partial charge in [-0.2, -0.15) is 0 Å². The van der Waals surface area contributed by atoms with Crippen LogP contribution < -0.4 is 24.5 Å². The van der Waals surface area contributed by atoms with Gasteiger partial charge in [-0.1, -0.05) is 41.7 Å². The lowest BCUT2D eigenvalue weighted by Crippen LogP contribution is -2.41. The number of para-hydroxylation sites is 1. The Morgan fingerprint density at radius 3 is 2.45 bits per heavy atom. The van der Waals surface area contributed by atoms with E-state index in [1.165, 1.54) is 16.9 Å². The number of allylic oxidation sites excluding steroid dienone is 1. The minimum atomic E-state index is -0.890. The first-order valence-electron chi connectivity index (χ1n) is 13.3. The molecule has 0 spiro atoms. The van der Waals surface area contributed by atoms with Gasteiger partial charge in [-0.15, -0.1) is 0 Å². The van der Waals surface area contributed by atoms with Crippen LogP contribution in [0.15, 0.2) is 92.4 Å². The first-order chi connectivity index (χ1) is 20.3. The van der Waals surface area contributed by atoms with E-state index in [4.69, 9.17) is 13.9 Å². The predicted molar refractivity (Wildman–Crippen MR) is 154 cm³/mol. The van der Waals surface area contributed by atoms with E-state index in [0.717, 1.165) is 17.0 Å². The van der Waals surface area contributed by atoms with Gasteiger partial charge in [-0.05, 0) is 56.7 Å². The zero-order valence-corrected chi connectivity index (χ0v) is 23.8. The minimum absolute atomic E-state index is 0.0558. The van der Waals surface area contributed by atoms with Crippen LogP contribution in [-0.4, -0.2) is 35.6 Å². The highest BCUT2D eigenvalue weighted by molar-refractivity contribution is 7.07. The van der Waals surface area contributed by atoms with Gasteiger partial charge < -0.3 is 18.8 Å². The maximum absolute atomic E-state index is 14.2. The van der Waals surface area contributed by atoms with Crippen LogP contribution >= 0.6 is 11.3 Å². The highest BCUT2D eigenvalue weighted by Crippen LogP contribution is 2.35. The average Bonchev–Trinajstić information content (AvgIpc) is 3.69. The molecule has 10 nitrogen and oxygen atoms in total. The number of aromatic nitrogens is 1. The summed E-state index contributed by atoms with van der Waals surface area (Å²) in [4.78, 5) is 59.9. The van der Waals surface area contributed by atoms with Crippen LogP contribution in [-0.2, 0) is 14.3 Å². The summed E-state index contributed by atoms with van der Waals surface area (Å²) in [6.07, 6.45) is 1.37. The largest absolute Gasteiger partial charge is 0.463 e. The van der Waals surface area contributed by atoms with Crippen LogP contribution in [0, 0.1) is 0 Å². The molecule has 2 aliphatic rings. The fourth-order valence-corrected chi connectivity index (χ4v) is 6.38. The van der Waals surface area contributed by atoms with E-state index in [-0.39, 0.29) is 34.1 Å². The van der Waals surface area contributed by atoms with Crippen molar-refractivity contribution in [1.82, 2.24) is 4.57 Å². The summed E-state index contributed by atoms with van der Waals surface area (Å²) in [5.41, 5.74) is 2.46. The first kappa shape index (κ1) is 27.2. The molecule has 0 N–H and O–H groups in total. The standard InChI is InChI=1S/C31H25N3O7S/c1-4-33-21-10-7-6-9-20(21)24(27(33)35)26-28(36)34-25(23(30(38)39-5-2)17(3)32-31(34)42-26)18-12-14-19(15-13-18)41-29(37)22-11-8-16-40-22/h6-16,25H,4-5H2,1-3H3/b26-24-/t25-/m0/s1. The van der Waals surface area contributed by atoms with Gasteiger partial charge in [0.2, 0.25) is 5.76 Å². The van der Waals surface area contributed by atoms with Gasteiger partial charge in [-0.3, -0.25) is 14.2 Å². The summed E-state index contributed by atoms with van der Waals surface area (Å²) >= 11 is 1.11. The fourth-order valence-electron chi connectivity index (χ4n) is 5.24. The molecule has 4 heterocycles. The van der Waals surface area contributed by atoms with Crippen molar-refractivity contribution in [1.29, 1.82) is 0 Å². The lowest BCUT2D eigenvalue weighted by molar-refractivity contribution is -0.139. The van der Waals surface area contributed by atoms with Crippen LogP contribution in [0.25, 0.3) is 5.57 Å². The monoisotopic (exact) mass is 583 g/mol. The second kappa shape index (κ2) is 10.7. The van der Waals surface area contributed by atoms with Gasteiger partial charge in [0.1, 0.15) is 10.3 Å². The van der Waals surface area contributed by atoms with E-state index in [1.54, 1.807) is 49.1 Å². The number of benzene rings is 2. The Bertz CT molecular complexity index is 1950. The molecule has 0 unspecified atom stereocenters. The molecule has 0 aliphatic carbocycles. The van der Waals surface area contributed by atoms with Crippen LogP contribution in [0.3, 0.4) is 0 Å². The number of furan rings is 1. The molecule has 42 heavy (non-hydrogen) atoms. The summed E-state index contributed by atoms with van der Waals surface area (Å²) in [5.74, 6) is -1.21. The van der Waals surface area contributed by atoms with Crippen molar-refractivity contribution in [2.45, 2.75) is 26.8 Å². The van der Waals surface area contributed by atoms with Crippen LogP contribution in [0.2, 0.25) is 0 Å². The normalized spacial score (nSPS) is 17.1. The lowest BCUT2D eigenvalue weighted by Gasteiger charge is -2.24. The third-order valence-electron chi connectivity index (χ3n) is 7.09. The Morgan fingerprint density at radius 1 is 1.00 bits per heavy atom. The van der Waals surface area contributed by atoms with Crippen LogP contribution in [0.4, 0.5) is 5.69 Å². The van der Waals surface area contributed by atoms with E-state index in [0.29, 0.717) is 33.7 Å². The van der Waals surface area contributed by atoms with Gasteiger partial charge in [-0.25, -0.2) is 14.6 Å². The predicted octanol–water partition coefficient (Wildman–Crippen LogP) is 3.35. The van der Waals surface area contributed by atoms with Crippen molar-refractivity contribution in [3.8, 4) is 5.75 Å². The number of hydrogen-bond acceptors (Lipinski definition) is 9. The van der Waals surface area contributed by atoms with Crippen molar-refractivity contribution in [2.75, 3.05) is 18.1 Å². The molecule has 11 heteroatoms. The Morgan fingerprint density at radius 2 is 1.76 bits per heavy atom. The smallest absolute Gasteiger partial charge is 0.379 e. The molecule has 1 amide bonds. The van der Waals surface area contributed by atoms with Crippen molar-refractivity contribution >= 4 is 40.4 Å². The highest BCUT2D eigenvalue weighted by Gasteiger charge is 2.37. The zero-order chi connectivity index (χ0) is 29.5. The van der Waals surface area contributed by atoms with E-state index in [1.807, 2.05) is 31.2 Å².